The van der Waals surface area contributed by atoms with Crippen LogP contribution in [-0.2, 0) is 6.54 Å². The Hall–Kier alpha value is -0.350. The van der Waals surface area contributed by atoms with E-state index in [0.29, 0.717) is 0 Å². The van der Waals surface area contributed by atoms with E-state index in [-0.39, 0.29) is 24.0 Å². The Balaban J connectivity index is 0.000000845. The van der Waals surface area contributed by atoms with Crippen molar-refractivity contribution in [2.24, 2.45) is 0 Å². The van der Waals surface area contributed by atoms with Crippen LogP contribution in [0.5, 0.6) is 0 Å². The zero-order chi connectivity index (χ0) is 8.60. The van der Waals surface area contributed by atoms with Crippen LogP contribution in [-0.4, -0.2) is 18.6 Å². The van der Waals surface area contributed by atoms with Crippen molar-refractivity contribution in [3.8, 4) is 0 Å². The van der Waals surface area contributed by atoms with Gasteiger partial charge in [-0.15, -0.1) is 24.0 Å². The number of rotatable bonds is 0. The van der Waals surface area contributed by atoms with Crippen LogP contribution in [0.1, 0.15) is 11.1 Å². The highest BCUT2D eigenvalue weighted by atomic mass is 127. The number of halogens is 1. The fourth-order valence-electron chi connectivity index (χ4n) is 1.61. The van der Waals surface area contributed by atoms with Gasteiger partial charge in [0.25, 0.3) is 0 Å². The molecule has 0 bridgehead atoms. The summed E-state index contributed by atoms with van der Waals surface area (Å²) in [4.78, 5) is 0. The zero-order valence-corrected chi connectivity index (χ0v) is 10.4. The number of nitrogens with zero attached hydrogens (tertiary/aromatic N) is 1. The third kappa shape index (κ3) is 2.31. The summed E-state index contributed by atoms with van der Waals surface area (Å²) >= 11 is 0. The van der Waals surface area contributed by atoms with Gasteiger partial charge in [0.2, 0.25) is 0 Å². The van der Waals surface area contributed by atoms with Crippen LogP contribution in [0.3, 0.4) is 0 Å². The predicted molar refractivity (Wildman–Crippen MR) is 66.7 cm³/mol. The van der Waals surface area contributed by atoms with Crippen LogP contribution in [0.2, 0.25) is 0 Å². The van der Waals surface area contributed by atoms with Crippen LogP contribution in [0.15, 0.2) is 30.5 Å². The van der Waals surface area contributed by atoms with Gasteiger partial charge in [0.1, 0.15) is 6.54 Å². The Morgan fingerprint density at radius 1 is 1.15 bits per heavy atom. The van der Waals surface area contributed by atoms with Crippen molar-refractivity contribution in [1.82, 2.24) is 0 Å². The van der Waals surface area contributed by atoms with Crippen molar-refractivity contribution < 1.29 is 4.48 Å². The highest BCUT2D eigenvalue weighted by Crippen LogP contribution is 2.21. The molecule has 0 aliphatic carbocycles. The molecule has 2 heteroatoms. The van der Waals surface area contributed by atoms with Gasteiger partial charge in [-0.05, 0) is 11.6 Å². The minimum absolute atomic E-state index is 0. The van der Waals surface area contributed by atoms with Crippen LogP contribution >= 0.6 is 24.0 Å². The summed E-state index contributed by atoms with van der Waals surface area (Å²) in [5, 5.41) is 0. The lowest BCUT2D eigenvalue weighted by Crippen LogP contribution is -2.34. The summed E-state index contributed by atoms with van der Waals surface area (Å²) in [7, 11) is 4.43. The summed E-state index contributed by atoms with van der Waals surface area (Å²) in [6, 6.07) is 8.58. The molecule has 0 atom stereocenters. The zero-order valence-electron chi connectivity index (χ0n) is 8.03. The normalized spacial score (nSPS) is 17.4. The van der Waals surface area contributed by atoms with E-state index in [1.165, 1.54) is 11.1 Å². The number of hydrogen-bond acceptors (Lipinski definition) is 0. The molecule has 2 rings (SSSR count). The van der Waals surface area contributed by atoms with E-state index in [4.69, 9.17) is 0 Å². The van der Waals surface area contributed by atoms with E-state index in [2.05, 4.69) is 50.6 Å². The van der Waals surface area contributed by atoms with Gasteiger partial charge in [-0.1, -0.05) is 24.3 Å². The quantitative estimate of drug-likeness (QED) is 0.509. The van der Waals surface area contributed by atoms with Gasteiger partial charge in [-0.3, -0.25) is 4.48 Å². The number of fused-ring (bicyclic) bond motifs is 1. The molecule has 0 fully saturated rings. The van der Waals surface area contributed by atoms with E-state index >= 15 is 0 Å². The Morgan fingerprint density at radius 3 is 2.62 bits per heavy atom. The van der Waals surface area contributed by atoms with Gasteiger partial charge >= 0.3 is 0 Å². The molecule has 13 heavy (non-hydrogen) atoms. The minimum atomic E-state index is 0. The van der Waals surface area contributed by atoms with E-state index in [9.17, 15) is 0 Å². The molecule has 1 aliphatic heterocycles. The fraction of sp³-hybridized carbons (Fsp3) is 0.273. The summed E-state index contributed by atoms with van der Waals surface area (Å²) < 4.78 is 0.955. The van der Waals surface area contributed by atoms with Crippen LogP contribution in [0.4, 0.5) is 0 Å². The second-order valence-corrected chi connectivity index (χ2v) is 3.95. The van der Waals surface area contributed by atoms with Crippen LogP contribution < -0.4 is 0 Å². The first kappa shape index (κ1) is 10.7. The second kappa shape index (κ2) is 3.80. The molecule has 0 aromatic heterocycles. The molecule has 0 saturated heterocycles. The van der Waals surface area contributed by atoms with Crippen molar-refractivity contribution >= 4 is 30.1 Å². The molecule has 1 nitrogen and oxygen atoms in total. The molecule has 0 N–H and O–H groups in total. The topological polar surface area (TPSA) is 0 Å². The van der Waals surface area contributed by atoms with Crippen molar-refractivity contribution in [2.45, 2.75) is 6.54 Å². The first-order valence-electron chi connectivity index (χ1n) is 4.27. The second-order valence-electron chi connectivity index (χ2n) is 3.95. The molecular formula is C11H15IN+. The van der Waals surface area contributed by atoms with Crippen LogP contribution in [0.25, 0.3) is 6.08 Å². The summed E-state index contributed by atoms with van der Waals surface area (Å²) in [5.74, 6) is 0. The molecular weight excluding hydrogens is 273 g/mol. The average Bonchev–Trinajstić information content (AvgIpc) is 2.02. The first-order chi connectivity index (χ1) is 5.67. The Bertz CT molecular complexity index is 329. The molecule has 1 aromatic carbocycles. The third-order valence-electron chi connectivity index (χ3n) is 2.29. The summed E-state index contributed by atoms with van der Waals surface area (Å²) in [6.07, 6.45) is 4.45. The first-order valence-corrected chi connectivity index (χ1v) is 4.27. The maximum atomic E-state index is 2.24. The SMILES string of the molecule is C[N+]1(C)C=Cc2ccccc2C1.I. The lowest BCUT2D eigenvalue weighted by atomic mass is 10.0. The van der Waals surface area contributed by atoms with Crippen molar-refractivity contribution in [3.63, 3.8) is 0 Å². The molecule has 0 saturated carbocycles. The van der Waals surface area contributed by atoms with Gasteiger partial charge in [0, 0.05) is 5.56 Å². The van der Waals surface area contributed by atoms with Crippen molar-refractivity contribution in [3.05, 3.63) is 41.6 Å². The smallest absolute Gasteiger partial charge is 0.109 e. The Labute approximate surface area is 96.7 Å². The van der Waals surface area contributed by atoms with E-state index < -0.39 is 0 Å². The maximum absolute atomic E-state index is 2.24. The fourth-order valence-corrected chi connectivity index (χ4v) is 1.61. The van der Waals surface area contributed by atoms with Gasteiger partial charge in [0.05, 0.1) is 20.3 Å². The molecule has 0 amide bonds. The largest absolute Gasteiger partial charge is 0.298 e. The maximum Gasteiger partial charge on any atom is 0.109 e. The summed E-state index contributed by atoms with van der Waals surface area (Å²) in [5.41, 5.74) is 2.82. The molecule has 1 aromatic rings. The minimum Gasteiger partial charge on any atom is -0.298 e. The molecule has 1 heterocycles. The van der Waals surface area contributed by atoms with Gasteiger partial charge in [-0.2, -0.15) is 0 Å². The van der Waals surface area contributed by atoms with E-state index in [0.717, 1.165) is 11.0 Å². The molecule has 70 valence electrons. The van der Waals surface area contributed by atoms with Crippen molar-refractivity contribution in [2.75, 3.05) is 14.1 Å². The monoisotopic (exact) mass is 288 g/mol. The average molecular weight is 288 g/mol. The van der Waals surface area contributed by atoms with Gasteiger partial charge in [-0.25, -0.2) is 0 Å². The van der Waals surface area contributed by atoms with E-state index in [1.54, 1.807) is 0 Å². The molecule has 0 radical (unpaired) electrons. The highest BCUT2D eigenvalue weighted by molar-refractivity contribution is 14.0. The van der Waals surface area contributed by atoms with Crippen molar-refractivity contribution in [1.29, 1.82) is 0 Å². The Kier molecular flexibility index (Phi) is 3.14. The lowest BCUT2D eigenvalue weighted by molar-refractivity contribution is -0.852. The van der Waals surface area contributed by atoms with Crippen LogP contribution in [0, 0.1) is 0 Å². The third-order valence-corrected chi connectivity index (χ3v) is 2.29. The van der Waals surface area contributed by atoms with Gasteiger partial charge < -0.3 is 0 Å². The molecule has 1 aliphatic rings. The molecule has 0 unspecified atom stereocenters. The molecule has 0 spiro atoms. The predicted octanol–water partition coefficient (Wildman–Crippen LogP) is 2.87. The Morgan fingerprint density at radius 2 is 1.85 bits per heavy atom. The standard InChI is InChI=1S/C11H14N.HI/c1-12(2)8-7-10-5-3-4-6-11(10)9-12;/h3-8H,9H2,1-2H3;1H/q+1;. The number of benzene rings is 1. The number of quaternary nitrogens is 1. The summed E-state index contributed by atoms with van der Waals surface area (Å²) in [6.45, 7) is 1.10. The lowest BCUT2D eigenvalue weighted by Gasteiger charge is -2.28. The van der Waals surface area contributed by atoms with Gasteiger partial charge in [0.15, 0.2) is 0 Å². The highest BCUT2D eigenvalue weighted by Gasteiger charge is 2.18. The number of hydrogen-bond donors (Lipinski definition) is 0. The van der Waals surface area contributed by atoms with E-state index in [1.807, 2.05) is 0 Å².